The van der Waals surface area contributed by atoms with Gasteiger partial charge in [-0.3, -0.25) is 0 Å². The second-order valence-corrected chi connectivity index (χ2v) is 12.0. The molecule has 0 atom stereocenters. The minimum atomic E-state index is -4.26. The van der Waals surface area contributed by atoms with Gasteiger partial charge >= 0.3 is 156 Å². The van der Waals surface area contributed by atoms with E-state index in [0.29, 0.717) is 29.4 Å². The molecule has 1 aromatic heterocycles. The zero-order valence-electron chi connectivity index (χ0n) is 15.8. The summed E-state index contributed by atoms with van der Waals surface area (Å²) >= 11 is -4.26. The number of phenolic OH excluding ortho intramolecular Hbond substituents is 1. The monoisotopic (exact) mass is 465 g/mol. The SMILES string of the molecule is CC1(O)CC(Nc2nnc(-c3ccc([Se](C)(=O)=O)cc3O)c3cc(F)ccc23)C1. The first-order valence-corrected chi connectivity index (χ1v) is 13.0. The molecule has 9 heteroatoms. The van der Waals surface area contributed by atoms with Gasteiger partial charge in [0, 0.05) is 0 Å². The van der Waals surface area contributed by atoms with Crippen LogP contribution in [0.4, 0.5) is 10.2 Å². The van der Waals surface area contributed by atoms with Gasteiger partial charge in [-0.25, -0.2) is 0 Å². The van der Waals surface area contributed by atoms with Gasteiger partial charge in [-0.1, -0.05) is 0 Å². The molecule has 0 spiro atoms. The number of fused-ring (bicyclic) bond motifs is 1. The summed E-state index contributed by atoms with van der Waals surface area (Å²) in [6.07, 6.45) is 1.13. The van der Waals surface area contributed by atoms with Gasteiger partial charge in [0.1, 0.15) is 0 Å². The minimum absolute atomic E-state index is 0.0310. The molecule has 1 fully saturated rings. The van der Waals surface area contributed by atoms with Crippen LogP contribution in [0, 0.1) is 5.82 Å². The van der Waals surface area contributed by atoms with Crippen molar-refractivity contribution in [1.82, 2.24) is 10.2 Å². The number of rotatable bonds is 4. The molecule has 0 amide bonds. The zero-order valence-corrected chi connectivity index (χ0v) is 17.6. The second-order valence-electron chi connectivity index (χ2n) is 7.78. The Morgan fingerprint density at radius 1 is 1.14 bits per heavy atom. The Morgan fingerprint density at radius 3 is 2.48 bits per heavy atom. The van der Waals surface area contributed by atoms with E-state index in [1.54, 1.807) is 13.0 Å². The van der Waals surface area contributed by atoms with Crippen LogP contribution in [-0.2, 0) is 7.67 Å². The summed E-state index contributed by atoms with van der Waals surface area (Å²) in [6.45, 7) is 1.76. The van der Waals surface area contributed by atoms with Crippen LogP contribution >= 0.6 is 0 Å². The first-order chi connectivity index (χ1) is 13.5. The van der Waals surface area contributed by atoms with Crippen molar-refractivity contribution in [3.8, 4) is 17.0 Å². The van der Waals surface area contributed by atoms with E-state index in [1.807, 2.05) is 0 Å². The van der Waals surface area contributed by atoms with E-state index in [-0.39, 0.29) is 27.5 Å². The topological polar surface area (TPSA) is 112 Å². The third-order valence-electron chi connectivity index (χ3n) is 5.11. The van der Waals surface area contributed by atoms with Crippen molar-refractivity contribution in [2.75, 3.05) is 5.32 Å². The van der Waals surface area contributed by atoms with E-state index in [1.165, 1.54) is 30.3 Å². The van der Waals surface area contributed by atoms with Crippen molar-refractivity contribution < 1.29 is 22.3 Å². The molecule has 1 aliphatic carbocycles. The number of aromatic hydroxyl groups is 1. The Bertz CT molecular complexity index is 1220. The number of aliphatic hydroxyl groups is 1. The summed E-state index contributed by atoms with van der Waals surface area (Å²) in [5.41, 5.74) is -0.199. The Balaban J connectivity index is 1.80. The summed E-state index contributed by atoms with van der Waals surface area (Å²) in [5.74, 6) is 0.836. The molecule has 0 radical (unpaired) electrons. The van der Waals surface area contributed by atoms with Crippen molar-refractivity contribution in [3.63, 3.8) is 0 Å². The normalized spacial score (nSPS) is 21.7. The average molecular weight is 464 g/mol. The van der Waals surface area contributed by atoms with Gasteiger partial charge in [-0.05, 0) is 6.92 Å². The van der Waals surface area contributed by atoms with Crippen LogP contribution in [0.3, 0.4) is 0 Å². The van der Waals surface area contributed by atoms with Gasteiger partial charge in [0.05, 0.1) is 0 Å². The molecule has 0 bridgehead atoms. The van der Waals surface area contributed by atoms with Gasteiger partial charge in [-0.15, -0.1) is 0 Å². The summed E-state index contributed by atoms with van der Waals surface area (Å²) < 4.78 is 37.6. The number of nitrogens with zero attached hydrogens (tertiary/aromatic N) is 2. The molecule has 0 unspecified atom stereocenters. The maximum atomic E-state index is 14.0. The van der Waals surface area contributed by atoms with Crippen LogP contribution in [0.25, 0.3) is 22.0 Å². The fourth-order valence-corrected chi connectivity index (χ4v) is 5.02. The molecule has 0 saturated heterocycles. The molecule has 29 heavy (non-hydrogen) atoms. The fraction of sp³-hybridized carbons (Fsp3) is 0.300. The number of benzene rings is 2. The standard InChI is InChI=1S/C20H20FN3O4Se/c1-20(26)9-12(10-20)22-19-14-5-3-11(21)7-16(14)18(23-24-19)15-6-4-13(8-17(15)25)29(2,27)28/h3-8,12,25-26H,9-10H2,1-2H3,(H,22,24). The van der Waals surface area contributed by atoms with E-state index < -0.39 is 24.1 Å². The van der Waals surface area contributed by atoms with Crippen LogP contribution in [0.1, 0.15) is 19.8 Å². The first kappa shape index (κ1) is 19.7. The van der Waals surface area contributed by atoms with Crippen LogP contribution in [0.2, 0.25) is 5.82 Å². The molecular weight excluding hydrogens is 444 g/mol. The van der Waals surface area contributed by atoms with Gasteiger partial charge in [0.15, 0.2) is 0 Å². The van der Waals surface area contributed by atoms with Crippen molar-refractivity contribution in [2.24, 2.45) is 0 Å². The molecule has 7 nitrogen and oxygen atoms in total. The van der Waals surface area contributed by atoms with Crippen LogP contribution in [0.15, 0.2) is 36.4 Å². The Kier molecular flexibility index (Phi) is 4.57. The quantitative estimate of drug-likeness (QED) is 0.509. The van der Waals surface area contributed by atoms with E-state index >= 15 is 0 Å². The summed E-state index contributed by atoms with van der Waals surface area (Å²) in [5, 5.41) is 33.0. The van der Waals surface area contributed by atoms with E-state index in [2.05, 4.69) is 15.5 Å². The van der Waals surface area contributed by atoms with Crippen LogP contribution in [-0.4, -0.2) is 44.8 Å². The predicted octanol–water partition coefficient (Wildman–Crippen LogP) is 2.61. The van der Waals surface area contributed by atoms with E-state index in [4.69, 9.17) is 0 Å². The molecule has 1 heterocycles. The Labute approximate surface area is 168 Å². The summed E-state index contributed by atoms with van der Waals surface area (Å²) in [7, 11) is 0. The average Bonchev–Trinajstić information content (AvgIpc) is 2.59. The summed E-state index contributed by atoms with van der Waals surface area (Å²) in [6, 6.07) is 8.23. The first-order valence-electron chi connectivity index (χ1n) is 9.02. The van der Waals surface area contributed by atoms with Crippen molar-refractivity contribution in [1.29, 1.82) is 0 Å². The van der Waals surface area contributed by atoms with Crippen LogP contribution < -0.4 is 9.78 Å². The molecule has 4 rings (SSSR count). The van der Waals surface area contributed by atoms with E-state index in [9.17, 15) is 22.3 Å². The number of halogens is 1. The molecular formula is C20H20FN3O4Se. The molecule has 3 N–H and O–H groups in total. The number of nitrogens with one attached hydrogen (secondary N) is 1. The predicted molar refractivity (Wildman–Crippen MR) is 106 cm³/mol. The van der Waals surface area contributed by atoms with Gasteiger partial charge in [0.25, 0.3) is 0 Å². The maximum absolute atomic E-state index is 14.0. The number of hydrogen-bond acceptors (Lipinski definition) is 7. The number of hydrogen-bond donors (Lipinski definition) is 3. The Morgan fingerprint density at radius 2 is 1.86 bits per heavy atom. The van der Waals surface area contributed by atoms with Crippen LogP contribution in [0.5, 0.6) is 5.75 Å². The fourth-order valence-electron chi connectivity index (χ4n) is 3.67. The van der Waals surface area contributed by atoms with Crippen molar-refractivity contribution >= 4 is 33.8 Å². The van der Waals surface area contributed by atoms with Gasteiger partial charge in [0.2, 0.25) is 0 Å². The third kappa shape index (κ3) is 3.81. The van der Waals surface area contributed by atoms with Crippen molar-refractivity contribution in [3.05, 3.63) is 42.2 Å². The molecule has 1 saturated carbocycles. The van der Waals surface area contributed by atoms with Crippen molar-refractivity contribution in [2.45, 2.75) is 37.2 Å². The zero-order chi connectivity index (χ0) is 21.0. The number of phenols is 1. The number of aromatic nitrogens is 2. The van der Waals surface area contributed by atoms with Gasteiger partial charge in [-0.2, -0.15) is 0 Å². The van der Waals surface area contributed by atoms with E-state index in [0.717, 1.165) is 5.82 Å². The Hall–Kier alpha value is -2.61. The molecule has 2 aromatic carbocycles. The third-order valence-corrected chi connectivity index (χ3v) is 7.44. The molecule has 1 aliphatic rings. The van der Waals surface area contributed by atoms with Gasteiger partial charge < -0.3 is 5.11 Å². The second kappa shape index (κ2) is 6.73. The summed E-state index contributed by atoms with van der Waals surface area (Å²) in [4.78, 5) is 0. The molecule has 152 valence electrons. The molecule has 0 aliphatic heterocycles. The molecule has 3 aromatic rings. The number of anilines is 1.